The maximum absolute atomic E-state index is 13.0. The van der Waals surface area contributed by atoms with Crippen LogP contribution >= 0.6 is 0 Å². The van der Waals surface area contributed by atoms with E-state index in [-0.39, 0.29) is 5.82 Å². The molecule has 0 aliphatic carbocycles. The van der Waals surface area contributed by atoms with Crippen molar-refractivity contribution in [3.8, 4) is 0 Å². The van der Waals surface area contributed by atoms with Crippen LogP contribution in [0.1, 0.15) is 39.4 Å². The Morgan fingerprint density at radius 1 is 1.25 bits per heavy atom. The van der Waals surface area contributed by atoms with Gasteiger partial charge in [0.05, 0.1) is 11.2 Å². The van der Waals surface area contributed by atoms with E-state index in [1.807, 2.05) is 25.5 Å². The molecule has 1 aromatic heterocycles. The van der Waals surface area contributed by atoms with Crippen molar-refractivity contribution in [3.63, 3.8) is 0 Å². The molecule has 2 aromatic rings. The molecule has 0 bridgehead atoms. The van der Waals surface area contributed by atoms with Crippen LogP contribution in [0.5, 0.6) is 0 Å². The second-order valence-electron chi connectivity index (χ2n) is 3.79. The molecule has 1 aromatic carbocycles. The first kappa shape index (κ1) is 12.7. The SMILES string of the molecule is CC.Cc1nn(C(C)C)c2ccc(F)cc12. The van der Waals surface area contributed by atoms with E-state index in [0.717, 1.165) is 16.6 Å². The number of fused-ring (bicyclic) bond motifs is 1. The van der Waals surface area contributed by atoms with Crippen LogP contribution in [0.3, 0.4) is 0 Å². The molecule has 0 saturated carbocycles. The average molecular weight is 222 g/mol. The van der Waals surface area contributed by atoms with Crippen LogP contribution < -0.4 is 0 Å². The lowest BCUT2D eigenvalue weighted by molar-refractivity contribution is 0.546. The largest absolute Gasteiger partial charge is 0.262 e. The lowest BCUT2D eigenvalue weighted by Gasteiger charge is -2.06. The highest BCUT2D eigenvalue weighted by atomic mass is 19.1. The number of rotatable bonds is 1. The number of benzene rings is 1. The van der Waals surface area contributed by atoms with Gasteiger partial charge in [-0.1, -0.05) is 13.8 Å². The second kappa shape index (κ2) is 5.10. The summed E-state index contributed by atoms with van der Waals surface area (Å²) >= 11 is 0. The number of hydrogen-bond donors (Lipinski definition) is 0. The van der Waals surface area contributed by atoms with Gasteiger partial charge in [0.2, 0.25) is 0 Å². The Morgan fingerprint density at radius 2 is 1.88 bits per heavy atom. The molecule has 0 spiro atoms. The van der Waals surface area contributed by atoms with Crippen molar-refractivity contribution in [3.05, 3.63) is 29.7 Å². The van der Waals surface area contributed by atoms with Gasteiger partial charge in [-0.3, -0.25) is 4.68 Å². The summed E-state index contributed by atoms with van der Waals surface area (Å²) in [5.74, 6) is -0.205. The van der Waals surface area contributed by atoms with Gasteiger partial charge in [-0.25, -0.2) is 4.39 Å². The molecule has 0 atom stereocenters. The van der Waals surface area contributed by atoms with Crippen LogP contribution in [0.4, 0.5) is 4.39 Å². The smallest absolute Gasteiger partial charge is 0.124 e. The van der Waals surface area contributed by atoms with Crippen molar-refractivity contribution in [2.45, 2.75) is 40.7 Å². The van der Waals surface area contributed by atoms with Crippen LogP contribution in [-0.4, -0.2) is 9.78 Å². The van der Waals surface area contributed by atoms with Crippen molar-refractivity contribution in [2.75, 3.05) is 0 Å². The summed E-state index contributed by atoms with van der Waals surface area (Å²) in [6, 6.07) is 5.10. The predicted molar refractivity (Wildman–Crippen MR) is 66.2 cm³/mol. The Balaban J connectivity index is 0.000000606. The molecule has 0 radical (unpaired) electrons. The Morgan fingerprint density at radius 3 is 2.44 bits per heavy atom. The van der Waals surface area contributed by atoms with Gasteiger partial charge in [0.15, 0.2) is 0 Å². The average Bonchev–Trinajstić information content (AvgIpc) is 2.59. The molecule has 2 nitrogen and oxygen atoms in total. The van der Waals surface area contributed by atoms with Crippen LogP contribution in [0.2, 0.25) is 0 Å². The molecule has 0 unspecified atom stereocenters. The summed E-state index contributed by atoms with van der Waals surface area (Å²) in [4.78, 5) is 0. The van der Waals surface area contributed by atoms with Crippen LogP contribution in [-0.2, 0) is 0 Å². The minimum Gasteiger partial charge on any atom is -0.262 e. The normalized spacial score (nSPS) is 10.4. The van der Waals surface area contributed by atoms with Crippen molar-refractivity contribution in [2.24, 2.45) is 0 Å². The van der Waals surface area contributed by atoms with E-state index in [1.54, 1.807) is 6.07 Å². The predicted octanol–water partition coefficient (Wildman–Crippen LogP) is 4.09. The monoisotopic (exact) mass is 222 g/mol. The van der Waals surface area contributed by atoms with Crippen LogP contribution in [0.15, 0.2) is 18.2 Å². The van der Waals surface area contributed by atoms with Gasteiger partial charge in [-0.05, 0) is 39.0 Å². The maximum atomic E-state index is 13.0. The zero-order valence-corrected chi connectivity index (χ0v) is 10.6. The zero-order valence-electron chi connectivity index (χ0n) is 10.6. The molecule has 3 heteroatoms. The highest BCUT2D eigenvalue weighted by Gasteiger charge is 2.09. The zero-order chi connectivity index (χ0) is 12.3. The van der Waals surface area contributed by atoms with Gasteiger partial charge in [0.1, 0.15) is 5.82 Å². The lowest BCUT2D eigenvalue weighted by atomic mass is 10.2. The molecular formula is C13H19FN2. The molecule has 0 amide bonds. The molecule has 0 N–H and O–H groups in total. The fraction of sp³-hybridized carbons (Fsp3) is 0.462. The summed E-state index contributed by atoms with van der Waals surface area (Å²) in [6.07, 6.45) is 0. The minimum atomic E-state index is -0.205. The van der Waals surface area contributed by atoms with Gasteiger partial charge in [0, 0.05) is 11.4 Å². The molecule has 16 heavy (non-hydrogen) atoms. The van der Waals surface area contributed by atoms with Crippen molar-refractivity contribution < 1.29 is 4.39 Å². The van der Waals surface area contributed by atoms with E-state index >= 15 is 0 Å². The Labute approximate surface area is 96.1 Å². The molecular weight excluding hydrogens is 203 g/mol. The van der Waals surface area contributed by atoms with Gasteiger partial charge in [-0.2, -0.15) is 5.10 Å². The maximum Gasteiger partial charge on any atom is 0.124 e. The summed E-state index contributed by atoms with van der Waals surface area (Å²) in [7, 11) is 0. The van der Waals surface area contributed by atoms with E-state index < -0.39 is 0 Å². The summed E-state index contributed by atoms with van der Waals surface area (Å²) in [5, 5.41) is 5.28. The fourth-order valence-electron chi connectivity index (χ4n) is 1.66. The second-order valence-corrected chi connectivity index (χ2v) is 3.79. The molecule has 0 saturated heterocycles. The number of hydrogen-bond acceptors (Lipinski definition) is 1. The highest BCUT2D eigenvalue weighted by Crippen LogP contribution is 2.21. The summed E-state index contributed by atoms with van der Waals surface area (Å²) in [5.41, 5.74) is 1.88. The number of aryl methyl sites for hydroxylation is 1. The lowest BCUT2D eigenvalue weighted by Crippen LogP contribution is -2.02. The first-order valence-corrected chi connectivity index (χ1v) is 5.74. The summed E-state index contributed by atoms with van der Waals surface area (Å²) in [6.45, 7) is 10.0. The van der Waals surface area contributed by atoms with Crippen LogP contribution in [0, 0.1) is 12.7 Å². The Bertz CT molecular complexity index is 472. The summed E-state index contributed by atoms with van der Waals surface area (Å²) < 4.78 is 14.9. The standard InChI is InChI=1S/C11H13FN2.C2H6/c1-7(2)14-11-5-4-9(12)6-10(11)8(3)13-14;1-2/h4-7H,1-3H3;1-2H3. The number of halogens is 1. The Hall–Kier alpha value is -1.38. The molecule has 88 valence electrons. The Kier molecular flexibility index (Phi) is 4.05. The molecule has 2 rings (SSSR count). The fourth-order valence-corrected chi connectivity index (χ4v) is 1.66. The van der Waals surface area contributed by atoms with Crippen molar-refractivity contribution in [1.82, 2.24) is 9.78 Å². The molecule has 1 heterocycles. The third-order valence-electron chi connectivity index (χ3n) is 2.34. The number of aromatic nitrogens is 2. The number of nitrogens with zero attached hydrogens (tertiary/aromatic N) is 2. The van der Waals surface area contributed by atoms with Crippen LogP contribution in [0.25, 0.3) is 10.9 Å². The van der Waals surface area contributed by atoms with E-state index in [2.05, 4.69) is 18.9 Å². The van der Waals surface area contributed by atoms with Gasteiger partial charge in [0.25, 0.3) is 0 Å². The molecule has 0 aliphatic heterocycles. The first-order valence-electron chi connectivity index (χ1n) is 5.74. The topological polar surface area (TPSA) is 17.8 Å². The third-order valence-corrected chi connectivity index (χ3v) is 2.34. The van der Waals surface area contributed by atoms with E-state index in [9.17, 15) is 4.39 Å². The van der Waals surface area contributed by atoms with Gasteiger partial charge < -0.3 is 0 Å². The van der Waals surface area contributed by atoms with E-state index in [0.29, 0.717) is 6.04 Å². The van der Waals surface area contributed by atoms with E-state index in [1.165, 1.54) is 12.1 Å². The minimum absolute atomic E-state index is 0.205. The third kappa shape index (κ3) is 2.23. The van der Waals surface area contributed by atoms with Crippen molar-refractivity contribution in [1.29, 1.82) is 0 Å². The molecule has 0 aliphatic rings. The van der Waals surface area contributed by atoms with Crippen molar-refractivity contribution >= 4 is 10.9 Å². The van der Waals surface area contributed by atoms with Gasteiger partial charge in [-0.15, -0.1) is 0 Å². The quantitative estimate of drug-likeness (QED) is 0.710. The highest BCUT2D eigenvalue weighted by molar-refractivity contribution is 5.81. The van der Waals surface area contributed by atoms with E-state index in [4.69, 9.17) is 0 Å². The molecule has 0 fully saturated rings. The first-order chi connectivity index (χ1) is 7.59. The van der Waals surface area contributed by atoms with Gasteiger partial charge >= 0.3 is 0 Å².